The number of nitrogens with one attached hydrogen (secondary N) is 1. The first-order valence-electron chi connectivity index (χ1n) is 7.21. The number of nitrogens with zero attached hydrogens (tertiary/aromatic N) is 5. The van der Waals surface area contributed by atoms with Crippen LogP contribution in [0.4, 0.5) is 14.9 Å². The molecule has 0 aliphatic carbocycles. The van der Waals surface area contributed by atoms with Crippen LogP contribution in [0.2, 0.25) is 0 Å². The lowest BCUT2D eigenvalue weighted by atomic mass is 10.2. The SMILES string of the molecule is CN(CCc1cccs1)C(=O)Nc1cc(-n2cnnn2)ccc1F. The molecule has 2 aromatic heterocycles. The first-order valence-corrected chi connectivity index (χ1v) is 8.09. The van der Waals surface area contributed by atoms with E-state index in [2.05, 4.69) is 20.8 Å². The van der Waals surface area contributed by atoms with E-state index in [0.29, 0.717) is 12.2 Å². The Morgan fingerprint density at radius 2 is 2.29 bits per heavy atom. The molecule has 0 saturated carbocycles. The number of rotatable bonds is 5. The summed E-state index contributed by atoms with van der Waals surface area (Å²) in [4.78, 5) is 14.9. The molecule has 0 aliphatic heterocycles. The lowest BCUT2D eigenvalue weighted by Crippen LogP contribution is -2.33. The molecule has 124 valence electrons. The molecule has 0 fully saturated rings. The monoisotopic (exact) mass is 346 g/mol. The van der Waals surface area contributed by atoms with Crippen LogP contribution >= 0.6 is 11.3 Å². The maximum absolute atomic E-state index is 14.0. The normalized spacial score (nSPS) is 10.6. The molecule has 7 nitrogen and oxygen atoms in total. The standard InChI is InChI=1S/C15H15FN6OS/c1-21(7-6-12-3-2-8-24-12)15(23)18-14-9-11(4-5-13(14)16)22-10-17-19-20-22/h2-5,8-10H,6-7H2,1H3,(H,18,23). The second-order valence-corrected chi connectivity index (χ2v) is 6.13. The zero-order valence-electron chi connectivity index (χ0n) is 12.9. The lowest BCUT2D eigenvalue weighted by Gasteiger charge is -2.18. The molecule has 0 atom stereocenters. The van der Waals surface area contributed by atoms with Gasteiger partial charge in [0.2, 0.25) is 0 Å². The van der Waals surface area contributed by atoms with Gasteiger partial charge in [-0.05, 0) is 46.5 Å². The molecule has 1 aromatic carbocycles. The molecule has 0 bridgehead atoms. The fourth-order valence-electron chi connectivity index (χ4n) is 2.08. The van der Waals surface area contributed by atoms with Crippen molar-refractivity contribution in [3.63, 3.8) is 0 Å². The van der Waals surface area contributed by atoms with Gasteiger partial charge in [0.25, 0.3) is 0 Å². The highest BCUT2D eigenvalue weighted by molar-refractivity contribution is 7.09. The second-order valence-electron chi connectivity index (χ2n) is 5.10. The quantitative estimate of drug-likeness (QED) is 0.770. The van der Waals surface area contributed by atoms with Gasteiger partial charge in [-0.1, -0.05) is 6.07 Å². The van der Waals surface area contributed by atoms with E-state index in [9.17, 15) is 9.18 Å². The van der Waals surface area contributed by atoms with Crippen LogP contribution < -0.4 is 5.32 Å². The Hall–Kier alpha value is -2.81. The van der Waals surface area contributed by atoms with Gasteiger partial charge in [0.05, 0.1) is 11.4 Å². The molecule has 1 N–H and O–H groups in total. The van der Waals surface area contributed by atoms with Crippen molar-refractivity contribution in [3.05, 3.63) is 52.7 Å². The molecule has 0 radical (unpaired) electrons. The van der Waals surface area contributed by atoms with E-state index in [1.165, 1.54) is 39.0 Å². The van der Waals surface area contributed by atoms with Gasteiger partial charge in [0.15, 0.2) is 0 Å². The van der Waals surface area contributed by atoms with Crippen LogP contribution in [0.15, 0.2) is 42.0 Å². The smallest absolute Gasteiger partial charge is 0.321 e. The molecule has 3 aromatic rings. The molecule has 0 spiro atoms. The van der Waals surface area contributed by atoms with Crippen molar-refractivity contribution >= 4 is 23.1 Å². The minimum atomic E-state index is -0.521. The van der Waals surface area contributed by atoms with Gasteiger partial charge < -0.3 is 10.2 Å². The van der Waals surface area contributed by atoms with Crippen LogP contribution in [0.5, 0.6) is 0 Å². The number of carbonyl (C=O) groups is 1. The molecule has 3 rings (SSSR count). The molecule has 0 saturated heterocycles. The summed E-state index contributed by atoms with van der Waals surface area (Å²) in [5, 5.41) is 15.4. The van der Waals surface area contributed by atoms with Crippen LogP contribution in [0.3, 0.4) is 0 Å². The number of urea groups is 1. The van der Waals surface area contributed by atoms with Gasteiger partial charge in [-0.3, -0.25) is 0 Å². The summed E-state index contributed by atoms with van der Waals surface area (Å²) in [7, 11) is 1.67. The Morgan fingerprint density at radius 3 is 3.00 bits per heavy atom. The number of anilines is 1. The Bertz CT molecular complexity index is 806. The third-order valence-electron chi connectivity index (χ3n) is 3.43. The molecule has 0 unspecified atom stereocenters. The number of hydrogen-bond donors (Lipinski definition) is 1. The summed E-state index contributed by atoms with van der Waals surface area (Å²) in [5.74, 6) is -0.521. The Kier molecular flexibility index (Phi) is 4.80. The predicted molar refractivity (Wildman–Crippen MR) is 88.8 cm³/mol. The van der Waals surface area contributed by atoms with Gasteiger partial charge in [-0.2, -0.15) is 0 Å². The number of halogens is 1. The first kappa shape index (κ1) is 16.1. The molecule has 24 heavy (non-hydrogen) atoms. The van der Waals surface area contributed by atoms with Gasteiger partial charge in [-0.15, -0.1) is 16.4 Å². The fourth-order valence-corrected chi connectivity index (χ4v) is 2.77. The second kappa shape index (κ2) is 7.18. The van der Waals surface area contributed by atoms with Crippen molar-refractivity contribution in [2.24, 2.45) is 0 Å². The average Bonchev–Trinajstić information content (AvgIpc) is 3.28. The molecule has 2 heterocycles. The van der Waals surface area contributed by atoms with E-state index in [1.54, 1.807) is 18.4 Å². The fraction of sp³-hybridized carbons (Fsp3) is 0.200. The van der Waals surface area contributed by atoms with Gasteiger partial charge in [0.1, 0.15) is 12.1 Å². The minimum Gasteiger partial charge on any atom is -0.327 e. The van der Waals surface area contributed by atoms with E-state index < -0.39 is 5.82 Å². The van der Waals surface area contributed by atoms with Gasteiger partial charge >= 0.3 is 6.03 Å². The first-order chi connectivity index (χ1) is 11.6. The van der Waals surface area contributed by atoms with E-state index in [1.807, 2.05) is 17.5 Å². The van der Waals surface area contributed by atoms with Crippen LogP contribution in [0.25, 0.3) is 5.69 Å². The Labute approximate surface area is 141 Å². The van der Waals surface area contributed by atoms with E-state index in [0.717, 1.165) is 6.42 Å². The summed E-state index contributed by atoms with van der Waals surface area (Å²) < 4.78 is 15.3. The molecular formula is C15H15FN6OS. The highest BCUT2D eigenvalue weighted by Crippen LogP contribution is 2.19. The van der Waals surface area contributed by atoms with E-state index >= 15 is 0 Å². The highest BCUT2D eigenvalue weighted by atomic mass is 32.1. The largest absolute Gasteiger partial charge is 0.327 e. The summed E-state index contributed by atoms with van der Waals surface area (Å²) in [6.45, 7) is 0.542. The summed E-state index contributed by atoms with van der Waals surface area (Å²) in [6, 6.07) is 7.89. The van der Waals surface area contributed by atoms with Crippen LogP contribution in [0.1, 0.15) is 4.88 Å². The Balaban J connectivity index is 1.66. The summed E-state index contributed by atoms with van der Waals surface area (Å²) in [5.41, 5.74) is 0.633. The number of benzene rings is 1. The van der Waals surface area contributed by atoms with Gasteiger partial charge in [-0.25, -0.2) is 13.9 Å². The summed E-state index contributed by atoms with van der Waals surface area (Å²) >= 11 is 1.64. The average molecular weight is 346 g/mol. The van der Waals surface area contributed by atoms with Crippen molar-refractivity contribution in [2.45, 2.75) is 6.42 Å². The van der Waals surface area contributed by atoms with Crippen molar-refractivity contribution < 1.29 is 9.18 Å². The summed E-state index contributed by atoms with van der Waals surface area (Å²) in [6.07, 6.45) is 2.15. The van der Waals surface area contributed by atoms with Crippen molar-refractivity contribution in [1.82, 2.24) is 25.1 Å². The number of hydrogen-bond acceptors (Lipinski definition) is 5. The van der Waals surface area contributed by atoms with Crippen molar-refractivity contribution in [1.29, 1.82) is 0 Å². The lowest BCUT2D eigenvalue weighted by molar-refractivity contribution is 0.223. The van der Waals surface area contributed by atoms with Crippen molar-refractivity contribution in [3.8, 4) is 5.69 Å². The zero-order valence-corrected chi connectivity index (χ0v) is 13.7. The molecular weight excluding hydrogens is 331 g/mol. The predicted octanol–water partition coefficient (Wildman–Crippen LogP) is 2.57. The van der Waals surface area contributed by atoms with E-state index in [4.69, 9.17) is 0 Å². The number of aromatic nitrogens is 4. The van der Waals surface area contributed by atoms with Crippen molar-refractivity contribution in [2.75, 3.05) is 18.9 Å². The number of thiophene rings is 1. The number of likely N-dealkylation sites (N-methyl/N-ethyl adjacent to an activating group) is 1. The maximum Gasteiger partial charge on any atom is 0.321 e. The Morgan fingerprint density at radius 1 is 1.42 bits per heavy atom. The number of tetrazole rings is 1. The third kappa shape index (κ3) is 3.74. The van der Waals surface area contributed by atoms with Gasteiger partial charge in [0, 0.05) is 18.5 Å². The minimum absolute atomic E-state index is 0.0796. The van der Waals surface area contributed by atoms with Crippen LogP contribution in [-0.4, -0.2) is 44.7 Å². The highest BCUT2D eigenvalue weighted by Gasteiger charge is 2.13. The number of amides is 2. The van der Waals surface area contributed by atoms with E-state index in [-0.39, 0.29) is 11.7 Å². The topological polar surface area (TPSA) is 75.9 Å². The third-order valence-corrected chi connectivity index (χ3v) is 4.36. The molecule has 9 heteroatoms. The maximum atomic E-state index is 14.0. The van der Waals surface area contributed by atoms with Crippen LogP contribution in [-0.2, 0) is 6.42 Å². The zero-order chi connectivity index (χ0) is 16.9. The van der Waals surface area contributed by atoms with Crippen LogP contribution in [0, 0.1) is 5.82 Å². The number of carbonyl (C=O) groups excluding carboxylic acids is 1. The molecule has 2 amide bonds. The molecule has 0 aliphatic rings.